The molecule has 1 aromatic carbocycles. The molecule has 0 amide bonds. The quantitative estimate of drug-likeness (QED) is 0.691. The summed E-state index contributed by atoms with van der Waals surface area (Å²) in [5.74, 6) is 0. The summed E-state index contributed by atoms with van der Waals surface area (Å²) in [6.45, 7) is 4.11. The highest BCUT2D eigenvalue weighted by molar-refractivity contribution is 5.70. The Balaban J connectivity index is 1.80. The van der Waals surface area contributed by atoms with Gasteiger partial charge in [-0.1, -0.05) is 24.3 Å². The van der Waals surface area contributed by atoms with Crippen LogP contribution in [0.25, 0.3) is 22.5 Å². The molecule has 2 heterocycles. The lowest BCUT2D eigenvalue weighted by Crippen LogP contribution is -2.15. The van der Waals surface area contributed by atoms with Crippen molar-refractivity contribution in [3.8, 4) is 22.5 Å². The third-order valence-corrected chi connectivity index (χ3v) is 4.07. The van der Waals surface area contributed by atoms with Crippen molar-refractivity contribution >= 4 is 0 Å². The first-order chi connectivity index (χ1) is 11.6. The number of pyridine rings is 1. The van der Waals surface area contributed by atoms with E-state index in [2.05, 4.69) is 73.5 Å². The first-order valence-electron chi connectivity index (χ1n) is 8.34. The highest BCUT2D eigenvalue weighted by atomic mass is 15.3. The topological polar surface area (TPSA) is 34.0 Å². The molecule has 0 aliphatic carbocycles. The Morgan fingerprint density at radius 2 is 1.88 bits per heavy atom. The van der Waals surface area contributed by atoms with Gasteiger partial charge in [-0.25, -0.2) is 0 Å². The predicted molar refractivity (Wildman–Crippen MR) is 98.8 cm³/mol. The molecule has 2 aromatic heterocycles. The van der Waals surface area contributed by atoms with E-state index >= 15 is 0 Å². The SMILES string of the molecule is Cc1cccnc1-c1cccc(-c2ccn(CCCN(C)C)n2)c1. The number of nitrogens with zero attached hydrogens (tertiary/aromatic N) is 4. The maximum absolute atomic E-state index is 4.71. The zero-order chi connectivity index (χ0) is 16.9. The second-order valence-corrected chi connectivity index (χ2v) is 6.37. The minimum atomic E-state index is 0.942. The van der Waals surface area contributed by atoms with Crippen LogP contribution in [0.5, 0.6) is 0 Å². The molecule has 4 nitrogen and oxygen atoms in total. The van der Waals surface area contributed by atoms with E-state index in [0.29, 0.717) is 0 Å². The van der Waals surface area contributed by atoms with Gasteiger partial charge in [-0.05, 0) is 57.7 Å². The van der Waals surface area contributed by atoms with E-state index in [1.54, 1.807) is 0 Å². The predicted octanol–water partition coefficient (Wildman–Crippen LogP) is 3.87. The van der Waals surface area contributed by atoms with Gasteiger partial charge in [-0.15, -0.1) is 0 Å². The lowest BCUT2D eigenvalue weighted by molar-refractivity contribution is 0.381. The summed E-state index contributed by atoms with van der Waals surface area (Å²) < 4.78 is 2.03. The fraction of sp³-hybridized carbons (Fsp3) is 0.300. The molecule has 3 rings (SSSR count). The average Bonchev–Trinajstić information content (AvgIpc) is 3.04. The standard InChI is InChI=1S/C20H24N4/c1-16-7-5-11-21-20(16)18-9-4-8-17(15-18)19-10-14-24(22-19)13-6-12-23(2)3/h4-5,7-11,14-15H,6,12-13H2,1-3H3. The molecule has 0 atom stereocenters. The maximum atomic E-state index is 4.71. The number of aryl methyl sites for hydroxylation is 2. The van der Waals surface area contributed by atoms with Crippen molar-refractivity contribution in [2.75, 3.05) is 20.6 Å². The lowest BCUT2D eigenvalue weighted by atomic mass is 10.0. The molecule has 0 saturated heterocycles. The minimum Gasteiger partial charge on any atom is -0.309 e. The molecule has 4 heteroatoms. The van der Waals surface area contributed by atoms with Crippen molar-refractivity contribution in [2.45, 2.75) is 19.9 Å². The number of aromatic nitrogens is 3. The average molecular weight is 320 g/mol. The van der Waals surface area contributed by atoms with Gasteiger partial charge in [0.1, 0.15) is 0 Å². The Kier molecular flexibility index (Phi) is 5.06. The summed E-state index contributed by atoms with van der Waals surface area (Å²) >= 11 is 0. The van der Waals surface area contributed by atoms with E-state index < -0.39 is 0 Å². The summed E-state index contributed by atoms with van der Waals surface area (Å²) in [7, 11) is 4.19. The van der Waals surface area contributed by atoms with Crippen LogP contribution in [0.2, 0.25) is 0 Å². The van der Waals surface area contributed by atoms with E-state index in [-0.39, 0.29) is 0 Å². The van der Waals surface area contributed by atoms with Crippen molar-refractivity contribution < 1.29 is 0 Å². The van der Waals surface area contributed by atoms with E-state index in [1.165, 1.54) is 5.56 Å². The Labute approximate surface area is 143 Å². The lowest BCUT2D eigenvalue weighted by Gasteiger charge is -2.08. The van der Waals surface area contributed by atoms with Gasteiger partial charge in [0.25, 0.3) is 0 Å². The zero-order valence-corrected chi connectivity index (χ0v) is 14.6. The molecule has 0 aliphatic rings. The molecule has 24 heavy (non-hydrogen) atoms. The van der Waals surface area contributed by atoms with Crippen LogP contribution in [-0.4, -0.2) is 40.3 Å². The van der Waals surface area contributed by atoms with Crippen molar-refractivity contribution in [2.24, 2.45) is 0 Å². The number of hydrogen-bond donors (Lipinski definition) is 0. The molecular weight excluding hydrogens is 296 g/mol. The Morgan fingerprint density at radius 1 is 1.04 bits per heavy atom. The molecule has 0 saturated carbocycles. The van der Waals surface area contributed by atoms with Crippen LogP contribution in [0.1, 0.15) is 12.0 Å². The van der Waals surface area contributed by atoms with Crippen LogP contribution in [0.4, 0.5) is 0 Å². The zero-order valence-electron chi connectivity index (χ0n) is 14.6. The van der Waals surface area contributed by atoms with Crippen LogP contribution in [0, 0.1) is 6.92 Å². The first kappa shape index (κ1) is 16.4. The van der Waals surface area contributed by atoms with Gasteiger partial charge in [-0.3, -0.25) is 9.67 Å². The molecule has 3 aromatic rings. The molecule has 124 valence electrons. The largest absolute Gasteiger partial charge is 0.309 e. The van der Waals surface area contributed by atoms with Crippen molar-refractivity contribution in [1.82, 2.24) is 19.7 Å². The van der Waals surface area contributed by atoms with Gasteiger partial charge in [0.2, 0.25) is 0 Å². The van der Waals surface area contributed by atoms with Gasteiger partial charge in [-0.2, -0.15) is 5.10 Å². The van der Waals surface area contributed by atoms with Crippen LogP contribution in [-0.2, 0) is 6.54 Å². The molecule has 0 N–H and O–H groups in total. The Morgan fingerprint density at radius 3 is 2.67 bits per heavy atom. The van der Waals surface area contributed by atoms with E-state index in [9.17, 15) is 0 Å². The Bertz CT molecular complexity index is 805. The van der Waals surface area contributed by atoms with E-state index in [4.69, 9.17) is 5.10 Å². The van der Waals surface area contributed by atoms with Crippen molar-refractivity contribution in [3.05, 3.63) is 60.4 Å². The third kappa shape index (κ3) is 3.89. The third-order valence-electron chi connectivity index (χ3n) is 4.07. The van der Waals surface area contributed by atoms with E-state index in [0.717, 1.165) is 42.0 Å². The summed E-state index contributed by atoms with van der Waals surface area (Å²) in [4.78, 5) is 6.71. The maximum Gasteiger partial charge on any atom is 0.0923 e. The number of benzene rings is 1. The summed E-state index contributed by atoms with van der Waals surface area (Å²) in [5, 5.41) is 4.71. The molecule has 0 unspecified atom stereocenters. The normalized spacial score (nSPS) is 11.2. The second-order valence-electron chi connectivity index (χ2n) is 6.37. The molecule has 0 radical (unpaired) electrons. The van der Waals surface area contributed by atoms with Crippen LogP contribution >= 0.6 is 0 Å². The minimum absolute atomic E-state index is 0.942. The summed E-state index contributed by atoms with van der Waals surface area (Å²) in [6.07, 6.45) is 5.00. The van der Waals surface area contributed by atoms with Gasteiger partial charge in [0, 0.05) is 30.1 Å². The monoisotopic (exact) mass is 320 g/mol. The van der Waals surface area contributed by atoms with Gasteiger partial charge in [0.15, 0.2) is 0 Å². The highest BCUT2D eigenvalue weighted by Gasteiger charge is 2.07. The van der Waals surface area contributed by atoms with Gasteiger partial charge < -0.3 is 4.90 Å². The van der Waals surface area contributed by atoms with Crippen LogP contribution < -0.4 is 0 Å². The highest BCUT2D eigenvalue weighted by Crippen LogP contribution is 2.26. The van der Waals surface area contributed by atoms with E-state index in [1.807, 2.05) is 16.9 Å². The molecule has 0 spiro atoms. The Hall–Kier alpha value is -2.46. The molecule has 0 aliphatic heterocycles. The van der Waals surface area contributed by atoms with Crippen molar-refractivity contribution in [1.29, 1.82) is 0 Å². The fourth-order valence-corrected chi connectivity index (χ4v) is 2.80. The van der Waals surface area contributed by atoms with Crippen LogP contribution in [0.15, 0.2) is 54.9 Å². The number of rotatable bonds is 6. The van der Waals surface area contributed by atoms with Crippen molar-refractivity contribution in [3.63, 3.8) is 0 Å². The smallest absolute Gasteiger partial charge is 0.0923 e. The number of hydrogen-bond acceptors (Lipinski definition) is 3. The molecular formula is C20H24N4. The van der Waals surface area contributed by atoms with Gasteiger partial charge >= 0.3 is 0 Å². The summed E-state index contributed by atoms with van der Waals surface area (Å²) in [6, 6.07) is 14.6. The second kappa shape index (κ2) is 7.41. The molecule has 0 bridgehead atoms. The fourth-order valence-electron chi connectivity index (χ4n) is 2.80. The van der Waals surface area contributed by atoms with Crippen LogP contribution in [0.3, 0.4) is 0 Å². The summed E-state index contributed by atoms with van der Waals surface area (Å²) in [5.41, 5.74) is 5.49. The first-order valence-corrected chi connectivity index (χ1v) is 8.34. The van der Waals surface area contributed by atoms with Gasteiger partial charge in [0.05, 0.1) is 11.4 Å². The molecule has 0 fully saturated rings.